The summed E-state index contributed by atoms with van der Waals surface area (Å²) in [4.78, 5) is 8.11. The van der Waals surface area contributed by atoms with Crippen molar-refractivity contribution in [1.29, 1.82) is 0 Å². The van der Waals surface area contributed by atoms with E-state index in [-0.39, 0.29) is 11.6 Å². The summed E-state index contributed by atoms with van der Waals surface area (Å²) < 4.78 is 26.9. The number of nitrogens with one attached hydrogen (secondary N) is 1. The van der Waals surface area contributed by atoms with Crippen LogP contribution in [0.25, 0.3) is 10.9 Å². The Morgan fingerprint density at radius 1 is 0.950 bits per heavy atom. The van der Waals surface area contributed by atoms with Crippen LogP contribution in [0.2, 0.25) is 0 Å². The van der Waals surface area contributed by atoms with Crippen LogP contribution in [0, 0.1) is 11.6 Å². The number of nitrogens with two attached hydrogens (primary N) is 1. The molecule has 3 aromatic rings. The molecular formula is C14H10F2N4. The summed E-state index contributed by atoms with van der Waals surface area (Å²) in [6, 6.07) is 11.0. The van der Waals surface area contributed by atoms with Gasteiger partial charge in [-0.15, -0.1) is 0 Å². The summed E-state index contributed by atoms with van der Waals surface area (Å²) in [7, 11) is 0. The van der Waals surface area contributed by atoms with Crippen LogP contribution in [0.5, 0.6) is 0 Å². The van der Waals surface area contributed by atoms with Crippen LogP contribution in [-0.2, 0) is 0 Å². The van der Waals surface area contributed by atoms with Crippen molar-refractivity contribution in [2.45, 2.75) is 0 Å². The van der Waals surface area contributed by atoms with E-state index >= 15 is 0 Å². The molecule has 0 spiro atoms. The summed E-state index contributed by atoms with van der Waals surface area (Å²) in [6.45, 7) is 0. The molecule has 0 bridgehead atoms. The number of fused-ring (bicyclic) bond motifs is 1. The van der Waals surface area contributed by atoms with Gasteiger partial charge in [0.1, 0.15) is 5.82 Å². The molecule has 0 aliphatic heterocycles. The van der Waals surface area contributed by atoms with Gasteiger partial charge in [-0.3, -0.25) is 0 Å². The Morgan fingerprint density at radius 3 is 2.60 bits per heavy atom. The summed E-state index contributed by atoms with van der Waals surface area (Å²) in [5.41, 5.74) is 6.23. The lowest BCUT2D eigenvalue weighted by Gasteiger charge is -2.10. The third-order valence-corrected chi connectivity index (χ3v) is 2.83. The number of hydrogen-bond acceptors (Lipinski definition) is 4. The highest BCUT2D eigenvalue weighted by atomic mass is 19.2. The molecule has 2 aromatic carbocycles. The molecule has 4 nitrogen and oxygen atoms in total. The highest BCUT2D eigenvalue weighted by Gasteiger charge is 2.11. The minimum absolute atomic E-state index is 0.00625. The maximum absolute atomic E-state index is 13.7. The van der Waals surface area contributed by atoms with Gasteiger partial charge >= 0.3 is 0 Å². The monoisotopic (exact) mass is 272 g/mol. The summed E-state index contributed by atoms with van der Waals surface area (Å²) >= 11 is 0. The molecule has 0 amide bonds. The highest BCUT2D eigenvalue weighted by molar-refractivity contribution is 5.91. The van der Waals surface area contributed by atoms with Crippen molar-refractivity contribution >= 4 is 28.4 Å². The predicted molar refractivity (Wildman–Crippen MR) is 73.6 cm³/mol. The number of rotatable bonds is 2. The van der Waals surface area contributed by atoms with Gasteiger partial charge in [0.2, 0.25) is 5.95 Å². The third kappa shape index (κ3) is 2.11. The molecule has 0 saturated carbocycles. The van der Waals surface area contributed by atoms with Gasteiger partial charge in [-0.2, -0.15) is 4.98 Å². The molecule has 20 heavy (non-hydrogen) atoms. The summed E-state index contributed by atoms with van der Waals surface area (Å²) in [6.07, 6.45) is 0. The number of hydrogen-bond donors (Lipinski definition) is 2. The van der Waals surface area contributed by atoms with Gasteiger partial charge in [-0.05, 0) is 24.3 Å². The molecule has 0 atom stereocenters. The summed E-state index contributed by atoms with van der Waals surface area (Å²) in [5.74, 6) is -1.50. The van der Waals surface area contributed by atoms with Crippen LogP contribution in [0.1, 0.15) is 0 Å². The van der Waals surface area contributed by atoms with E-state index in [0.717, 1.165) is 6.07 Å². The number of para-hydroxylation sites is 1. The Hall–Kier alpha value is -2.76. The highest BCUT2D eigenvalue weighted by Crippen LogP contribution is 2.26. The molecular weight excluding hydrogens is 262 g/mol. The van der Waals surface area contributed by atoms with Gasteiger partial charge in [-0.25, -0.2) is 13.8 Å². The Morgan fingerprint density at radius 2 is 1.75 bits per heavy atom. The molecule has 0 saturated heterocycles. The smallest absolute Gasteiger partial charge is 0.222 e. The van der Waals surface area contributed by atoms with Gasteiger partial charge in [0.05, 0.1) is 11.2 Å². The normalized spacial score (nSPS) is 10.7. The standard InChI is InChI=1S/C14H10F2N4/c15-9-5-3-7-11(12(9)16)18-13-8-4-1-2-6-10(8)19-14(17)20-13/h1-7H,(H3,17,18,19,20). The van der Waals surface area contributed by atoms with Crippen LogP contribution in [0.3, 0.4) is 0 Å². The van der Waals surface area contributed by atoms with E-state index in [1.54, 1.807) is 24.3 Å². The van der Waals surface area contributed by atoms with E-state index in [1.165, 1.54) is 12.1 Å². The Kier molecular flexibility index (Phi) is 2.90. The zero-order chi connectivity index (χ0) is 14.1. The van der Waals surface area contributed by atoms with Crippen LogP contribution in [-0.4, -0.2) is 9.97 Å². The van der Waals surface area contributed by atoms with Gasteiger partial charge in [0.25, 0.3) is 0 Å². The zero-order valence-corrected chi connectivity index (χ0v) is 10.3. The van der Waals surface area contributed by atoms with Crippen LogP contribution in [0.4, 0.5) is 26.2 Å². The van der Waals surface area contributed by atoms with Crippen LogP contribution < -0.4 is 11.1 Å². The Bertz CT molecular complexity index is 789. The van der Waals surface area contributed by atoms with E-state index in [2.05, 4.69) is 15.3 Å². The SMILES string of the molecule is Nc1nc(Nc2cccc(F)c2F)c2ccccc2n1. The second kappa shape index (κ2) is 4.73. The largest absolute Gasteiger partial charge is 0.368 e. The maximum Gasteiger partial charge on any atom is 0.222 e. The third-order valence-electron chi connectivity index (χ3n) is 2.83. The number of nitrogens with zero attached hydrogens (tertiary/aromatic N) is 2. The van der Waals surface area contributed by atoms with Crippen molar-refractivity contribution in [3.05, 3.63) is 54.1 Å². The zero-order valence-electron chi connectivity index (χ0n) is 10.3. The van der Waals surface area contributed by atoms with Crippen LogP contribution in [0.15, 0.2) is 42.5 Å². The minimum atomic E-state index is -0.964. The first-order valence-corrected chi connectivity index (χ1v) is 5.88. The molecule has 1 heterocycles. The van der Waals surface area contributed by atoms with E-state index < -0.39 is 11.6 Å². The molecule has 0 aliphatic carbocycles. The molecule has 3 rings (SSSR count). The molecule has 0 unspecified atom stereocenters. The van der Waals surface area contributed by atoms with Crippen molar-refractivity contribution in [2.24, 2.45) is 0 Å². The van der Waals surface area contributed by atoms with E-state index in [9.17, 15) is 8.78 Å². The quantitative estimate of drug-likeness (QED) is 0.751. The van der Waals surface area contributed by atoms with E-state index in [1.807, 2.05) is 0 Å². The second-order valence-electron chi connectivity index (χ2n) is 4.17. The van der Waals surface area contributed by atoms with Gasteiger partial charge < -0.3 is 11.1 Å². The first kappa shape index (κ1) is 12.3. The molecule has 3 N–H and O–H groups in total. The molecule has 0 aliphatic rings. The minimum Gasteiger partial charge on any atom is -0.368 e. The van der Waals surface area contributed by atoms with Gasteiger partial charge in [0, 0.05) is 5.39 Å². The average molecular weight is 272 g/mol. The van der Waals surface area contributed by atoms with Gasteiger partial charge in [-0.1, -0.05) is 18.2 Å². The van der Waals surface area contributed by atoms with Crippen molar-refractivity contribution < 1.29 is 8.78 Å². The van der Waals surface area contributed by atoms with Crippen molar-refractivity contribution in [1.82, 2.24) is 9.97 Å². The molecule has 0 fully saturated rings. The number of halogens is 2. The second-order valence-corrected chi connectivity index (χ2v) is 4.17. The fourth-order valence-electron chi connectivity index (χ4n) is 1.92. The Labute approximate surface area is 113 Å². The first-order valence-electron chi connectivity index (χ1n) is 5.88. The topological polar surface area (TPSA) is 63.8 Å². The van der Waals surface area contributed by atoms with Crippen molar-refractivity contribution in [3.8, 4) is 0 Å². The predicted octanol–water partition coefficient (Wildman–Crippen LogP) is 3.23. The van der Waals surface area contributed by atoms with Gasteiger partial charge in [0.15, 0.2) is 11.6 Å². The molecule has 1 aromatic heterocycles. The Balaban J connectivity index is 2.13. The lowest BCUT2D eigenvalue weighted by molar-refractivity contribution is 0.512. The molecule has 0 radical (unpaired) electrons. The van der Waals surface area contributed by atoms with Crippen molar-refractivity contribution in [2.75, 3.05) is 11.1 Å². The van der Waals surface area contributed by atoms with Crippen molar-refractivity contribution in [3.63, 3.8) is 0 Å². The fraction of sp³-hybridized carbons (Fsp3) is 0. The van der Waals surface area contributed by atoms with E-state index in [4.69, 9.17) is 5.73 Å². The number of benzene rings is 2. The lowest BCUT2D eigenvalue weighted by atomic mass is 10.2. The summed E-state index contributed by atoms with van der Waals surface area (Å²) in [5, 5.41) is 3.42. The fourth-order valence-corrected chi connectivity index (χ4v) is 1.92. The maximum atomic E-state index is 13.7. The molecule has 100 valence electrons. The number of anilines is 3. The van der Waals surface area contributed by atoms with E-state index in [0.29, 0.717) is 16.7 Å². The molecule has 6 heteroatoms. The van der Waals surface area contributed by atoms with Crippen LogP contribution >= 0.6 is 0 Å². The number of nitrogen functional groups attached to an aromatic ring is 1. The first-order chi connectivity index (χ1) is 9.65. The number of aromatic nitrogens is 2. The average Bonchev–Trinajstić information content (AvgIpc) is 2.43. The lowest BCUT2D eigenvalue weighted by Crippen LogP contribution is -2.03.